The topological polar surface area (TPSA) is 77.9 Å². The predicted molar refractivity (Wildman–Crippen MR) is 142 cm³/mol. The number of phenolic OH excluding ortho intramolecular Hbond substituents is 1. The van der Waals surface area contributed by atoms with Crippen molar-refractivity contribution in [3.05, 3.63) is 76.6 Å². The molecule has 1 amide bonds. The minimum Gasteiger partial charge on any atom is -0.508 e. The van der Waals surface area contributed by atoms with Crippen LogP contribution in [0.5, 0.6) is 5.75 Å². The van der Waals surface area contributed by atoms with Crippen LogP contribution in [-0.4, -0.2) is 47.8 Å². The Hall–Kier alpha value is -2.39. The zero-order valence-corrected chi connectivity index (χ0v) is 22.1. The molecule has 9 heteroatoms. The Morgan fingerprint density at radius 3 is 2.57 bits per heavy atom. The van der Waals surface area contributed by atoms with Crippen molar-refractivity contribution in [2.24, 2.45) is 5.92 Å². The number of sulfonamides is 1. The molecular weight excluding hydrogens is 504 g/mol. The van der Waals surface area contributed by atoms with Crippen molar-refractivity contribution in [2.75, 3.05) is 13.1 Å². The van der Waals surface area contributed by atoms with Gasteiger partial charge in [-0.15, -0.1) is 17.9 Å². The normalized spacial score (nSPS) is 18.3. The number of fused-ring (bicyclic) bond motifs is 1. The number of piperazine rings is 1. The van der Waals surface area contributed by atoms with Gasteiger partial charge >= 0.3 is 0 Å². The van der Waals surface area contributed by atoms with E-state index in [1.807, 2.05) is 18.2 Å². The monoisotopic (exact) mass is 532 g/mol. The number of amides is 1. The summed E-state index contributed by atoms with van der Waals surface area (Å²) in [5.41, 5.74) is 0.883. The van der Waals surface area contributed by atoms with Gasteiger partial charge in [-0.3, -0.25) is 4.79 Å². The van der Waals surface area contributed by atoms with Crippen LogP contribution in [0.4, 0.5) is 0 Å². The highest BCUT2D eigenvalue weighted by atomic mass is 35.5. The molecule has 1 aliphatic rings. The smallest absolute Gasteiger partial charge is 0.238 e. The number of hydrogen-bond acceptors (Lipinski definition) is 5. The van der Waals surface area contributed by atoms with Crippen LogP contribution in [0.3, 0.4) is 0 Å². The number of halogens is 1. The molecule has 1 N–H and O–H groups in total. The van der Waals surface area contributed by atoms with Crippen LogP contribution >= 0.6 is 22.9 Å². The first-order valence-corrected chi connectivity index (χ1v) is 14.2. The molecule has 2 atom stereocenters. The van der Waals surface area contributed by atoms with Gasteiger partial charge in [0.15, 0.2) is 0 Å². The number of thiophene rings is 1. The molecule has 1 fully saturated rings. The number of hydrogen-bond donors (Lipinski definition) is 1. The van der Waals surface area contributed by atoms with Crippen molar-refractivity contribution in [3.8, 4) is 5.75 Å². The lowest BCUT2D eigenvalue weighted by molar-refractivity contribution is -0.138. The van der Waals surface area contributed by atoms with Crippen molar-refractivity contribution < 1.29 is 18.3 Å². The zero-order valence-electron chi connectivity index (χ0n) is 19.7. The van der Waals surface area contributed by atoms with E-state index < -0.39 is 15.3 Å². The Kier molecular flexibility index (Phi) is 7.57. The van der Waals surface area contributed by atoms with E-state index in [1.54, 1.807) is 35.2 Å². The van der Waals surface area contributed by atoms with E-state index >= 15 is 0 Å². The fraction of sp³-hybridized carbons (Fsp3) is 0.346. The van der Waals surface area contributed by atoms with Crippen molar-refractivity contribution in [1.82, 2.24) is 9.21 Å². The quantitative estimate of drug-likeness (QED) is 0.384. The molecule has 186 valence electrons. The Morgan fingerprint density at radius 2 is 1.91 bits per heavy atom. The van der Waals surface area contributed by atoms with Crippen LogP contribution in [-0.2, 0) is 21.4 Å². The molecule has 3 aromatic rings. The third kappa shape index (κ3) is 5.56. The summed E-state index contributed by atoms with van der Waals surface area (Å²) < 4.78 is 29.8. The third-order valence-corrected chi connectivity index (χ3v) is 9.85. The van der Waals surface area contributed by atoms with E-state index in [9.17, 15) is 18.3 Å². The second kappa shape index (κ2) is 10.3. The SMILES string of the molecule is C=CC(c1cc2ccc(Cl)cc2s1)S(=O)(=O)N1CC(=O)N(Cc2ccc(O)cc2)C(CC(C)C)C1. The third-order valence-electron chi connectivity index (χ3n) is 6.20. The Morgan fingerprint density at radius 1 is 1.20 bits per heavy atom. The summed E-state index contributed by atoms with van der Waals surface area (Å²) in [6.45, 7) is 8.31. The van der Waals surface area contributed by atoms with Crippen LogP contribution in [0.1, 0.15) is 36.0 Å². The number of benzene rings is 2. The molecule has 0 spiro atoms. The van der Waals surface area contributed by atoms with Crippen LogP contribution in [0.15, 0.2) is 61.2 Å². The summed E-state index contributed by atoms with van der Waals surface area (Å²) in [6, 6.07) is 13.8. The second-order valence-electron chi connectivity index (χ2n) is 9.30. The molecule has 0 radical (unpaired) electrons. The highest BCUT2D eigenvalue weighted by molar-refractivity contribution is 7.89. The maximum atomic E-state index is 13.8. The fourth-order valence-corrected chi connectivity index (χ4v) is 7.93. The van der Waals surface area contributed by atoms with Gasteiger partial charge in [0.1, 0.15) is 11.0 Å². The molecule has 0 bridgehead atoms. The van der Waals surface area contributed by atoms with Crippen molar-refractivity contribution in [3.63, 3.8) is 0 Å². The average Bonchev–Trinajstić information content (AvgIpc) is 3.19. The standard InChI is InChI=1S/C26H29ClN2O4S2/c1-4-25(24-12-19-7-8-20(27)13-23(19)34-24)35(32,33)28-15-21(11-17(2)3)29(26(31)16-28)14-18-5-9-22(30)10-6-18/h4-10,12-13,17,21,25,30H,1,11,14-16H2,2-3H3. The van der Waals surface area contributed by atoms with Crippen molar-refractivity contribution in [1.29, 1.82) is 0 Å². The zero-order chi connectivity index (χ0) is 25.3. The van der Waals surface area contributed by atoms with Gasteiger partial charge in [0, 0.05) is 33.7 Å². The van der Waals surface area contributed by atoms with Gasteiger partial charge in [0.2, 0.25) is 15.9 Å². The van der Waals surface area contributed by atoms with Gasteiger partial charge in [0.05, 0.1) is 6.54 Å². The molecule has 0 aliphatic carbocycles. The lowest BCUT2D eigenvalue weighted by Crippen LogP contribution is -2.58. The summed E-state index contributed by atoms with van der Waals surface area (Å²) in [6.07, 6.45) is 2.11. The van der Waals surface area contributed by atoms with Crippen LogP contribution < -0.4 is 0 Å². The lowest BCUT2D eigenvalue weighted by Gasteiger charge is -2.42. The van der Waals surface area contributed by atoms with E-state index in [0.29, 0.717) is 22.9 Å². The van der Waals surface area contributed by atoms with Gasteiger partial charge in [-0.1, -0.05) is 49.7 Å². The minimum absolute atomic E-state index is 0.161. The first kappa shape index (κ1) is 25.7. The Bertz CT molecular complexity index is 1340. The van der Waals surface area contributed by atoms with Crippen molar-refractivity contribution >= 4 is 49.0 Å². The molecule has 1 aliphatic heterocycles. The molecule has 35 heavy (non-hydrogen) atoms. The summed E-state index contributed by atoms with van der Waals surface area (Å²) >= 11 is 7.48. The molecule has 2 aromatic carbocycles. The fourth-order valence-electron chi connectivity index (χ4n) is 4.51. The van der Waals surface area contributed by atoms with Crippen LogP contribution in [0, 0.1) is 5.92 Å². The maximum absolute atomic E-state index is 13.8. The van der Waals surface area contributed by atoms with Gasteiger partial charge in [-0.25, -0.2) is 8.42 Å². The molecule has 6 nitrogen and oxygen atoms in total. The van der Waals surface area contributed by atoms with Gasteiger partial charge in [0.25, 0.3) is 0 Å². The number of rotatable bonds is 8. The van der Waals surface area contributed by atoms with Crippen LogP contribution in [0.25, 0.3) is 10.1 Å². The van der Waals surface area contributed by atoms with Crippen molar-refractivity contribution in [2.45, 2.75) is 38.1 Å². The minimum atomic E-state index is -3.88. The second-order valence-corrected chi connectivity index (χ2v) is 12.9. The van der Waals surface area contributed by atoms with Crippen LogP contribution in [0.2, 0.25) is 5.02 Å². The molecular formula is C26H29ClN2O4S2. The van der Waals surface area contributed by atoms with E-state index in [0.717, 1.165) is 15.6 Å². The summed E-state index contributed by atoms with van der Waals surface area (Å²) in [7, 11) is -3.88. The number of phenols is 1. The van der Waals surface area contributed by atoms with Gasteiger partial charge < -0.3 is 10.0 Å². The summed E-state index contributed by atoms with van der Waals surface area (Å²) in [5.74, 6) is 0.207. The van der Waals surface area contributed by atoms with Gasteiger partial charge in [-0.05, 0) is 53.6 Å². The lowest BCUT2D eigenvalue weighted by atomic mass is 10.00. The average molecular weight is 533 g/mol. The molecule has 2 unspecified atom stereocenters. The summed E-state index contributed by atoms with van der Waals surface area (Å²) in [5, 5.41) is 10.1. The Balaban J connectivity index is 1.61. The number of nitrogens with zero attached hydrogens (tertiary/aromatic N) is 2. The molecule has 4 rings (SSSR count). The largest absolute Gasteiger partial charge is 0.508 e. The first-order valence-electron chi connectivity index (χ1n) is 11.5. The molecule has 2 heterocycles. The number of carbonyl (C=O) groups is 1. The highest BCUT2D eigenvalue weighted by Gasteiger charge is 2.41. The van der Waals surface area contributed by atoms with E-state index in [-0.39, 0.29) is 36.7 Å². The first-order chi connectivity index (χ1) is 16.6. The number of carbonyl (C=O) groups excluding carboxylic acids is 1. The van der Waals surface area contributed by atoms with E-state index in [1.165, 1.54) is 21.7 Å². The molecule has 1 saturated heterocycles. The van der Waals surface area contributed by atoms with E-state index in [4.69, 9.17) is 11.6 Å². The molecule has 0 saturated carbocycles. The number of aromatic hydroxyl groups is 1. The highest BCUT2D eigenvalue weighted by Crippen LogP contribution is 2.38. The predicted octanol–water partition coefficient (Wildman–Crippen LogP) is 5.58. The maximum Gasteiger partial charge on any atom is 0.238 e. The van der Waals surface area contributed by atoms with Gasteiger partial charge in [-0.2, -0.15) is 4.31 Å². The molecule has 1 aromatic heterocycles. The summed E-state index contributed by atoms with van der Waals surface area (Å²) in [4.78, 5) is 15.7. The van der Waals surface area contributed by atoms with E-state index in [2.05, 4.69) is 20.4 Å². The Labute approximate surface area is 215 Å².